The Morgan fingerprint density at radius 1 is 1.23 bits per heavy atom. The van der Waals surface area contributed by atoms with Crippen molar-refractivity contribution >= 4 is 17.1 Å². The van der Waals surface area contributed by atoms with E-state index in [-0.39, 0.29) is 17.5 Å². The number of fused-ring (bicyclic) bond motifs is 1. The fourth-order valence-corrected chi connectivity index (χ4v) is 2.40. The van der Waals surface area contributed by atoms with Crippen LogP contribution in [0.25, 0.3) is 16.9 Å². The Bertz CT molecular complexity index is 849. The van der Waals surface area contributed by atoms with Crippen LogP contribution < -0.4 is 5.73 Å². The Hall–Kier alpha value is -2.58. The molecule has 0 bridgehead atoms. The molecule has 0 amide bonds. The second-order valence-corrected chi connectivity index (χ2v) is 5.16. The molecule has 0 atom stereocenters. The molecule has 0 aliphatic heterocycles. The first-order valence-electron chi connectivity index (χ1n) is 6.61. The number of hydrogen-bond acceptors (Lipinski definition) is 5. The zero-order valence-corrected chi connectivity index (χ0v) is 11.1. The molecule has 3 aromatic heterocycles. The smallest absolute Gasteiger partial charge is 0.451 e. The summed E-state index contributed by atoms with van der Waals surface area (Å²) in [6, 6.07) is 1.57. The Morgan fingerprint density at radius 3 is 2.59 bits per heavy atom. The summed E-state index contributed by atoms with van der Waals surface area (Å²) < 4.78 is 45.5. The van der Waals surface area contributed by atoms with Crippen LogP contribution in [0.2, 0.25) is 0 Å². The van der Waals surface area contributed by atoms with Gasteiger partial charge >= 0.3 is 6.18 Å². The van der Waals surface area contributed by atoms with Crippen LogP contribution in [0, 0.1) is 0 Å². The van der Waals surface area contributed by atoms with Gasteiger partial charge in [-0.15, -0.1) is 0 Å². The molecule has 0 radical (unpaired) electrons. The van der Waals surface area contributed by atoms with Gasteiger partial charge in [-0.05, 0) is 12.8 Å². The Labute approximate surface area is 121 Å². The molecule has 22 heavy (non-hydrogen) atoms. The van der Waals surface area contributed by atoms with Gasteiger partial charge in [0.05, 0.1) is 17.6 Å². The lowest BCUT2D eigenvalue weighted by molar-refractivity contribution is -0.144. The lowest BCUT2D eigenvalue weighted by atomic mass is 10.2. The van der Waals surface area contributed by atoms with Crippen LogP contribution in [0.15, 0.2) is 23.0 Å². The molecule has 1 fully saturated rings. The number of furan rings is 1. The number of rotatable bonds is 2. The third-order valence-electron chi connectivity index (χ3n) is 3.54. The van der Waals surface area contributed by atoms with Gasteiger partial charge < -0.3 is 10.2 Å². The van der Waals surface area contributed by atoms with E-state index in [0.717, 1.165) is 12.8 Å². The molecule has 2 N–H and O–H groups in total. The molecule has 1 saturated carbocycles. The van der Waals surface area contributed by atoms with E-state index in [2.05, 4.69) is 15.0 Å². The van der Waals surface area contributed by atoms with E-state index in [0.29, 0.717) is 16.9 Å². The van der Waals surface area contributed by atoms with E-state index < -0.39 is 12.0 Å². The third-order valence-corrected chi connectivity index (χ3v) is 3.54. The summed E-state index contributed by atoms with van der Waals surface area (Å²) in [6.07, 6.45) is -0.278. The monoisotopic (exact) mass is 309 g/mol. The van der Waals surface area contributed by atoms with E-state index in [1.807, 2.05) is 0 Å². The molecule has 9 heteroatoms. The van der Waals surface area contributed by atoms with Crippen molar-refractivity contribution in [2.75, 3.05) is 5.73 Å². The molecule has 3 heterocycles. The molecule has 3 aromatic rings. The largest absolute Gasteiger partial charge is 0.470 e. The second-order valence-electron chi connectivity index (χ2n) is 5.16. The number of anilines is 1. The Morgan fingerprint density at radius 2 is 2.00 bits per heavy atom. The van der Waals surface area contributed by atoms with Crippen LogP contribution in [0.4, 0.5) is 19.1 Å². The van der Waals surface area contributed by atoms with Gasteiger partial charge in [-0.1, -0.05) is 0 Å². The third kappa shape index (κ3) is 1.92. The fourth-order valence-electron chi connectivity index (χ4n) is 2.40. The molecule has 1 aliphatic rings. The maximum absolute atomic E-state index is 13.1. The predicted octanol–water partition coefficient (Wildman–Crippen LogP) is 2.89. The van der Waals surface area contributed by atoms with Crippen LogP contribution in [0.3, 0.4) is 0 Å². The highest BCUT2D eigenvalue weighted by Gasteiger charge is 2.39. The molecule has 0 unspecified atom stereocenters. The average molecular weight is 309 g/mol. The van der Waals surface area contributed by atoms with Crippen molar-refractivity contribution in [2.45, 2.75) is 24.9 Å². The van der Waals surface area contributed by atoms with Crippen LogP contribution in [-0.2, 0) is 6.18 Å². The SMILES string of the molecule is Nc1nc2c(C3CC3)nc(C(F)(F)F)nc2n1-c1ccoc1. The van der Waals surface area contributed by atoms with Crippen molar-refractivity contribution in [3.8, 4) is 5.69 Å². The zero-order valence-electron chi connectivity index (χ0n) is 11.1. The van der Waals surface area contributed by atoms with Gasteiger partial charge in [-0.25, -0.2) is 15.0 Å². The number of alkyl halides is 3. The van der Waals surface area contributed by atoms with Crippen molar-refractivity contribution in [3.63, 3.8) is 0 Å². The van der Waals surface area contributed by atoms with Crippen molar-refractivity contribution < 1.29 is 17.6 Å². The van der Waals surface area contributed by atoms with E-state index in [1.165, 1.54) is 17.1 Å². The van der Waals surface area contributed by atoms with Crippen LogP contribution in [-0.4, -0.2) is 19.5 Å². The van der Waals surface area contributed by atoms with Crippen LogP contribution in [0.1, 0.15) is 30.3 Å². The van der Waals surface area contributed by atoms with Gasteiger partial charge in [-0.2, -0.15) is 13.2 Å². The minimum Gasteiger partial charge on any atom is -0.470 e. The maximum atomic E-state index is 13.1. The van der Waals surface area contributed by atoms with Crippen molar-refractivity contribution in [1.82, 2.24) is 19.5 Å². The number of halogens is 3. The summed E-state index contributed by atoms with van der Waals surface area (Å²) in [7, 11) is 0. The highest BCUT2D eigenvalue weighted by atomic mass is 19.4. The predicted molar refractivity (Wildman–Crippen MR) is 70.3 cm³/mol. The first kappa shape index (κ1) is 13.1. The average Bonchev–Trinajstić information content (AvgIpc) is 3.04. The van der Waals surface area contributed by atoms with Crippen molar-refractivity contribution in [3.05, 3.63) is 30.1 Å². The number of imidazole rings is 1. The van der Waals surface area contributed by atoms with Gasteiger partial charge in [0.2, 0.25) is 11.8 Å². The van der Waals surface area contributed by atoms with Gasteiger partial charge in [0.15, 0.2) is 5.65 Å². The number of nitrogen functional groups attached to an aromatic ring is 1. The minimum absolute atomic E-state index is 0.0151. The molecular formula is C13H10F3N5O. The molecule has 4 rings (SSSR count). The van der Waals surface area contributed by atoms with Crippen LogP contribution >= 0.6 is 0 Å². The highest BCUT2D eigenvalue weighted by Crippen LogP contribution is 2.43. The van der Waals surface area contributed by atoms with Gasteiger partial charge in [-0.3, -0.25) is 4.57 Å². The van der Waals surface area contributed by atoms with Gasteiger partial charge in [0.25, 0.3) is 0 Å². The van der Waals surface area contributed by atoms with E-state index in [4.69, 9.17) is 10.2 Å². The number of hydrogen-bond donors (Lipinski definition) is 1. The summed E-state index contributed by atoms with van der Waals surface area (Å²) >= 11 is 0. The van der Waals surface area contributed by atoms with E-state index in [1.54, 1.807) is 6.07 Å². The molecule has 1 aliphatic carbocycles. The molecule has 6 nitrogen and oxygen atoms in total. The minimum atomic E-state index is -4.63. The fraction of sp³-hybridized carbons (Fsp3) is 0.308. The standard InChI is InChI=1S/C13H10F3N5O/c14-13(15,16)11-18-8(6-1-2-6)9-10(20-11)21(12(17)19-9)7-3-4-22-5-7/h3-6H,1-2H2,(H2,17,19). The molecule has 0 aromatic carbocycles. The number of aromatic nitrogens is 4. The second kappa shape index (κ2) is 4.21. The summed E-state index contributed by atoms with van der Waals surface area (Å²) in [6.45, 7) is 0. The lowest BCUT2D eigenvalue weighted by Gasteiger charge is -2.08. The molecule has 114 valence electrons. The summed E-state index contributed by atoms with van der Waals surface area (Å²) in [4.78, 5) is 11.5. The normalized spacial score (nSPS) is 15.6. The molecule has 0 spiro atoms. The van der Waals surface area contributed by atoms with Gasteiger partial charge in [0.1, 0.15) is 11.8 Å². The first-order valence-corrected chi connectivity index (χ1v) is 6.61. The highest BCUT2D eigenvalue weighted by molar-refractivity contribution is 5.80. The number of nitrogens with two attached hydrogens (primary N) is 1. The zero-order chi connectivity index (χ0) is 15.5. The molecule has 0 saturated heterocycles. The van der Waals surface area contributed by atoms with E-state index >= 15 is 0 Å². The molecular weight excluding hydrogens is 299 g/mol. The van der Waals surface area contributed by atoms with Crippen molar-refractivity contribution in [1.29, 1.82) is 0 Å². The Kier molecular flexibility index (Phi) is 2.51. The number of nitrogens with zero attached hydrogens (tertiary/aromatic N) is 4. The quantitative estimate of drug-likeness (QED) is 0.787. The summed E-state index contributed by atoms with van der Waals surface area (Å²) in [5, 5.41) is 0. The summed E-state index contributed by atoms with van der Waals surface area (Å²) in [5.74, 6) is -1.14. The maximum Gasteiger partial charge on any atom is 0.451 e. The summed E-state index contributed by atoms with van der Waals surface area (Å²) in [5.41, 5.74) is 6.99. The van der Waals surface area contributed by atoms with Crippen LogP contribution in [0.5, 0.6) is 0 Å². The first-order chi connectivity index (χ1) is 10.4. The lowest BCUT2D eigenvalue weighted by Crippen LogP contribution is -2.13. The van der Waals surface area contributed by atoms with E-state index in [9.17, 15) is 13.2 Å². The topological polar surface area (TPSA) is 82.8 Å². The van der Waals surface area contributed by atoms with Gasteiger partial charge in [0, 0.05) is 12.0 Å². The van der Waals surface area contributed by atoms with Crippen molar-refractivity contribution in [2.24, 2.45) is 0 Å². The Balaban J connectivity index is 2.05.